The number of pyridine rings is 1. The molecule has 0 unspecified atom stereocenters. The number of piperazine rings is 1. The number of amides is 1. The second-order valence-electron chi connectivity index (χ2n) is 11.9. The molecule has 0 radical (unpaired) electrons. The average molecular weight is 652 g/mol. The standard InChI is InChI=1S/C35H46FN5O2S2/c1-4-6-7-8-9-10-11-12-13-14-19-41-34(43)31(45-35(41)44)24-29-26(3)30(25-37)33(42)40(5-2)32(29)39-22-20-38(21-23-39)28-17-15-27(36)16-18-28/h15-18,24H,4-14,19-23H2,1-3H3/b31-24+. The van der Waals surface area contributed by atoms with Gasteiger partial charge >= 0.3 is 0 Å². The van der Waals surface area contributed by atoms with Crippen molar-refractivity contribution in [2.75, 3.05) is 42.5 Å². The predicted octanol–water partition coefficient (Wildman–Crippen LogP) is 7.64. The van der Waals surface area contributed by atoms with Crippen molar-refractivity contribution in [3.05, 3.63) is 62.0 Å². The van der Waals surface area contributed by atoms with Crippen LogP contribution in [0.15, 0.2) is 34.0 Å². The minimum atomic E-state index is -0.320. The Kier molecular flexibility index (Phi) is 13.1. The van der Waals surface area contributed by atoms with Gasteiger partial charge in [-0.3, -0.25) is 19.1 Å². The molecule has 10 heteroatoms. The number of carbonyl (C=O) groups excluding carboxylic acids is 1. The van der Waals surface area contributed by atoms with Crippen molar-refractivity contribution < 1.29 is 9.18 Å². The van der Waals surface area contributed by atoms with Crippen LogP contribution in [0.5, 0.6) is 0 Å². The molecule has 2 fully saturated rings. The first kappa shape index (κ1) is 34.7. The van der Waals surface area contributed by atoms with E-state index in [-0.39, 0.29) is 22.8 Å². The van der Waals surface area contributed by atoms with E-state index in [4.69, 9.17) is 12.2 Å². The molecule has 2 saturated heterocycles. The number of hydrogen-bond acceptors (Lipinski definition) is 7. The van der Waals surface area contributed by atoms with Crippen LogP contribution < -0.4 is 15.4 Å². The Morgan fingerprint density at radius 3 is 2.07 bits per heavy atom. The van der Waals surface area contributed by atoms with Gasteiger partial charge in [-0.05, 0) is 56.2 Å². The summed E-state index contributed by atoms with van der Waals surface area (Å²) < 4.78 is 15.7. The fourth-order valence-electron chi connectivity index (χ4n) is 6.19. The van der Waals surface area contributed by atoms with Crippen molar-refractivity contribution in [1.29, 1.82) is 5.26 Å². The van der Waals surface area contributed by atoms with Gasteiger partial charge in [0, 0.05) is 50.5 Å². The molecular formula is C35H46FN5O2S2. The summed E-state index contributed by atoms with van der Waals surface area (Å²) in [6.45, 7) is 9.54. The van der Waals surface area contributed by atoms with Crippen molar-refractivity contribution in [2.45, 2.75) is 91.5 Å². The molecule has 1 amide bonds. The van der Waals surface area contributed by atoms with E-state index in [2.05, 4.69) is 22.8 Å². The zero-order chi connectivity index (χ0) is 32.3. The Morgan fingerprint density at radius 2 is 1.49 bits per heavy atom. The fraction of sp³-hybridized carbons (Fsp3) is 0.543. The number of unbranched alkanes of at least 4 members (excludes halogenated alkanes) is 9. The van der Waals surface area contributed by atoms with E-state index in [9.17, 15) is 19.2 Å². The highest BCUT2D eigenvalue weighted by atomic mass is 32.2. The van der Waals surface area contributed by atoms with Gasteiger partial charge < -0.3 is 9.80 Å². The number of carbonyl (C=O) groups is 1. The average Bonchev–Trinajstić information content (AvgIpc) is 3.31. The van der Waals surface area contributed by atoms with E-state index >= 15 is 0 Å². The van der Waals surface area contributed by atoms with Gasteiger partial charge in [-0.2, -0.15) is 5.26 Å². The maximum Gasteiger partial charge on any atom is 0.270 e. The van der Waals surface area contributed by atoms with Crippen LogP contribution >= 0.6 is 24.0 Å². The topological polar surface area (TPSA) is 72.6 Å². The van der Waals surface area contributed by atoms with E-state index in [0.717, 1.165) is 24.3 Å². The third kappa shape index (κ3) is 8.56. The lowest BCUT2D eigenvalue weighted by molar-refractivity contribution is -0.122. The SMILES string of the molecule is CCCCCCCCCCCCN1C(=O)/C(=C\c2c(C)c(C#N)c(=O)n(CC)c2N2CCN(c3ccc(F)cc3)CC2)SC1=S. The van der Waals surface area contributed by atoms with Crippen LogP contribution in [0.2, 0.25) is 0 Å². The lowest BCUT2D eigenvalue weighted by Gasteiger charge is -2.39. The van der Waals surface area contributed by atoms with E-state index in [0.29, 0.717) is 59.6 Å². The number of halogens is 1. The highest BCUT2D eigenvalue weighted by molar-refractivity contribution is 8.26. The fourth-order valence-corrected chi connectivity index (χ4v) is 7.48. The summed E-state index contributed by atoms with van der Waals surface area (Å²) in [7, 11) is 0. The van der Waals surface area contributed by atoms with Crippen LogP contribution in [-0.2, 0) is 11.3 Å². The quantitative estimate of drug-likeness (QED) is 0.111. The molecule has 0 spiro atoms. The van der Waals surface area contributed by atoms with Gasteiger partial charge in [0.05, 0.1) is 4.91 Å². The molecule has 2 aromatic rings. The first-order valence-corrected chi connectivity index (χ1v) is 17.7. The molecule has 3 heterocycles. The van der Waals surface area contributed by atoms with Gasteiger partial charge in [0.15, 0.2) is 0 Å². The molecule has 0 bridgehead atoms. The Morgan fingerprint density at radius 1 is 0.911 bits per heavy atom. The summed E-state index contributed by atoms with van der Waals surface area (Å²) in [4.78, 5) is 33.6. The normalized spacial score (nSPS) is 16.2. The molecule has 1 aromatic heterocycles. The van der Waals surface area contributed by atoms with Crippen LogP contribution in [0.3, 0.4) is 0 Å². The highest BCUT2D eigenvalue weighted by Crippen LogP contribution is 2.36. The Hall–Kier alpha value is -3.16. The molecule has 7 nitrogen and oxygen atoms in total. The van der Waals surface area contributed by atoms with Gasteiger partial charge in [0.25, 0.3) is 11.5 Å². The summed E-state index contributed by atoms with van der Waals surface area (Å²) in [5, 5.41) is 9.91. The van der Waals surface area contributed by atoms with Gasteiger partial charge in [-0.25, -0.2) is 4.39 Å². The van der Waals surface area contributed by atoms with Crippen LogP contribution in [-0.4, -0.2) is 52.4 Å². The van der Waals surface area contributed by atoms with Crippen LogP contribution in [0.4, 0.5) is 15.9 Å². The number of hydrogen-bond donors (Lipinski definition) is 0. The Bertz CT molecular complexity index is 1470. The number of thiocarbonyl (C=S) groups is 1. The van der Waals surface area contributed by atoms with E-state index < -0.39 is 0 Å². The molecular weight excluding hydrogens is 606 g/mol. The second kappa shape index (κ2) is 17.0. The molecule has 4 rings (SSSR count). The number of rotatable bonds is 15. The maximum atomic E-state index is 13.6. The van der Waals surface area contributed by atoms with Crippen LogP contribution in [0, 0.1) is 24.1 Å². The number of nitriles is 1. The monoisotopic (exact) mass is 651 g/mol. The van der Waals surface area contributed by atoms with Gasteiger partial charge in [-0.1, -0.05) is 88.7 Å². The number of thioether (sulfide) groups is 1. The second-order valence-corrected chi connectivity index (χ2v) is 13.5. The molecule has 2 aliphatic rings. The Labute approximate surface area is 277 Å². The number of aromatic nitrogens is 1. The van der Waals surface area contributed by atoms with Crippen molar-refractivity contribution in [2.24, 2.45) is 0 Å². The number of anilines is 2. The number of nitrogens with zero attached hydrogens (tertiary/aromatic N) is 5. The van der Waals surface area contributed by atoms with E-state index in [1.54, 1.807) is 28.5 Å². The molecule has 242 valence electrons. The van der Waals surface area contributed by atoms with Crippen molar-refractivity contribution >= 4 is 51.8 Å². The first-order chi connectivity index (χ1) is 21.8. The molecule has 0 aliphatic carbocycles. The lowest BCUT2D eigenvalue weighted by atomic mass is 10.0. The van der Waals surface area contributed by atoms with E-state index in [1.807, 2.05) is 13.0 Å². The third-order valence-electron chi connectivity index (χ3n) is 8.82. The molecule has 0 saturated carbocycles. The summed E-state index contributed by atoms with van der Waals surface area (Å²) in [6.07, 6.45) is 14.1. The van der Waals surface area contributed by atoms with Gasteiger partial charge in [-0.15, -0.1) is 0 Å². The first-order valence-electron chi connectivity index (χ1n) is 16.5. The third-order valence-corrected chi connectivity index (χ3v) is 10.2. The smallest absolute Gasteiger partial charge is 0.270 e. The lowest BCUT2D eigenvalue weighted by Crippen LogP contribution is -2.48. The molecule has 1 aromatic carbocycles. The van der Waals surface area contributed by atoms with Crippen molar-refractivity contribution in [1.82, 2.24) is 9.47 Å². The molecule has 45 heavy (non-hydrogen) atoms. The number of benzene rings is 1. The summed E-state index contributed by atoms with van der Waals surface area (Å²) >= 11 is 6.93. The zero-order valence-corrected chi connectivity index (χ0v) is 28.6. The van der Waals surface area contributed by atoms with Crippen molar-refractivity contribution in [3.8, 4) is 6.07 Å². The molecule has 0 N–H and O–H groups in total. The molecule has 2 aliphatic heterocycles. The summed E-state index contributed by atoms with van der Waals surface area (Å²) in [5.74, 6) is 0.342. The summed E-state index contributed by atoms with van der Waals surface area (Å²) in [6, 6.07) is 8.60. The molecule has 0 atom stereocenters. The predicted molar refractivity (Wildman–Crippen MR) is 188 cm³/mol. The highest BCUT2D eigenvalue weighted by Gasteiger charge is 2.33. The minimum absolute atomic E-state index is 0.0950. The summed E-state index contributed by atoms with van der Waals surface area (Å²) in [5.41, 5.74) is 2.01. The minimum Gasteiger partial charge on any atom is -0.368 e. The Balaban J connectivity index is 1.48. The van der Waals surface area contributed by atoms with Gasteiger partial charge in [0.1, 0.15) is 27.6 Å². The van der Waals surface area contributed by atoms with E-state index in [1.165, 1.54) is 75.3 Å². The zero-order valence-electron chi connectivity index (χ0n) is 26.9. The largest absolute Gasteiger partial charge is 0.368 e. The van der Waals surface area contributed by atoms with Crippen LogP contribution in [0.25, 0.3) is 6.08 Å². The van der Waals surface area contributed by atoms with Crippen molar-refractivity contribution in [3.63, 3.8) is 0 Å². The maximum absolute atomic E-state index is 13.6. The van der Waals surface area contributed by atoms with Gasteiger partial charge in [0.2, 0.25) is 0 Å². The van der Waals surface area contributed by atoms with Crippen LogP contribution in [0.1, 0.15) is 94.7 Å².